The molecule has 0 amide bonds. The first kappa shape index (κ1) is 29.4. The Labute approximate surface area is 244 Å². The summed E-state index contributed by atoms with van der Waals surface area (Å²) in [6.07, 6.45) is 15.4. The molecule has 6 fully saturated rings. The summed E-state index contributed by atoms with van der Waals surface area (Å²) in [4.78, 5) is 13.1. The quantitative estimate of drug-likeness (QED) is 0.309. The third-order valence-corrected chi connectivity index (χ3v) is 14.9. The minimum Gasteiger partial charge on any atom is -0.380 e. The highest BCUT2D eigenvalue weighted by Gasteiger charge is 2.71. The first-order valence-corrected chi connectivity index (χ1v) is 16.9. The molecule has 4 heteroatoms. The van der Waals surface area contributed by atoms with Gasteiger partial charge in [-0.2, -0.15) is 0 Å². The van der Waals surface area contributed by atoms with Crippen molar-refractivity contribution in [3.63, 3.8) is 0 Å². The molecule has 0 spiro atoms. The van der Waals surface area contributed by atoms with Crippen LogP contribution in [0.5, 0.6) is 0 Å². The van der Waals surface area contributed by atoms with E-state index in [2.05, 4.69) is 41.2 Å². The Morgan fingerprint density at radius 1 is 0.900 bits per heavy atom. The van der Waals surface area contributed by atoms with Crippen LogP contribution >= 0.6 is 0 Å². The number of carbonyl (C=O) groups is 1. The maximum Gasteiger partial charge on any atom is 0.157 e. The third kappa shape index (κ3) is 4.11. The molecule has 0 aromatic carbocycles. The zero-order valence-electron chi connectivity index (χ0n) is 26.6. The zero-order valence-corrected chi connectivity index (χ0v) is 26.6. The first-order chi connectivity index (χ1) is 18.9. The summed E-state index contributed by atoms with van der Waals surface area (Å²) in [6.45, 7) is 19.5. The maximum absolute atomic E-state index is 13.1. The van der Waals surface area contributed by atoms with Crippen molar-refractivity contribution in [2.45, 2.75) is 124 Å². The van der Waals surface area contributed by atoms with E-state index < -0.39 is 0 Å². The monoisotopic (exact) mass is 554 g/mol. The molecule has 0 N–H and O–H groups in total. The predicted octanol–water partition coefficient (Wildman–Crippen LogP) is 8.38. The van der Waals surface area contributed by atoms with Gasteiger partial charge in [0.05, 0.1) is 13.2 Å². The van der Waals surface area contributed by atoms with Gasteiger partial charge in [0, 0.05) is 25.6 Å². The van der Waals surface area contributed by atoms with Gasteiger partial charge in [0.1, 0.15) is 5.78 Å². The molecular weight excluding hydrogens is 496 g/mol. The largest absolute Gasteiger partial charge is 0.380 e. The van der Waals surface area contributed by atoms with Crippen molar-refractivity contribution in [2.24, 2.45) is 56.7 Å². The molecular formula is C36H58O4. The number of hydrogen-bond acceptors (Lipinski definition) is 4. The summed E-state index contributed by atoms with van der Waals surface area (Å²) in [6, 6.07) is 0. The van der Waals surface area contributed by atoms with Crippen LogP contribution in [0.15, 0.2) is 12.2 Å². The summed E-state index contributed by atoms with van der Waals surface area (Å²) in [7, 11) is 1.82. The lowest BCUT2D eigenvalue weighted by molar-refractivity contribution is -0.245. The van der Waals surface area contributed by atoms with Crippen LogP contribution in [-0.2, 0) is 19.0 Å². The van der Waals surface area contributed by atoms with E-state index in [9.17, 15) is 4.79 Å². The van der Waals surface area contributed by atoms with E-state index in [-0.39, 0.29) is 22.5 Å². The van der Waals surface area contributed by atoms with Gasteiger partial charge in [0.25, 0.3) is 0 Å². The smallest absolute Gasteiger partial charge is 0.157 e. The highest BCUT2D eigenvalue weighted by atomic mass is 16.7. The fourth-order valence-electron chi connectivity index (χ4n) is 12.6. The highest BCUT2D eigenvalue weighted by molar-refractivity contribution is 5.85. The fourth-order valence-corrected chi connectivity index (χ4v) is 12.6. The lowest BCUT2D eigenvalue weighted by Gasteiger charge is -2.72. The van der Waals surface area contributed by atoms with Crippen LogP contribution in [0.25, 0.3) is 0 Å². The topological polar surface area (TPSA) is 44.8 Å². The van der Waals surface area contributed by atoms with Gasteiger partial charge in [-0.1, -0.05) is 41.2 Å². The number of fused-ring (bicyclic) bond motifs is 7. The molecule has 4 nitrogen and oxygen atoms in total. The van der Waals surface area contributed by atoms with Crippen molar-refractivity contribution in [3.05, 3.63) is 12.2 Å². The second-order valence-electron chi connectivity index (χ2n) is 16.5. The van der Waals surface area contributed by atoms with Crippen molar-refractivity contribution in [1.29, 1.82) is 0 Å². The van der Waals surface area contributed by atoms with E-state index in [1.54, 1.807) is 0 Å². The van der Waals surface area contributed by atoms with Gasteiger partial charge < -0.3 is 14.2 Å². The predicted molar refractivity (Wildman–Crippen MR) is 160 cm³/mol. The van der Waals surface area contributed by atoms with Gasteiger partial charge >= 0.3 is 0 Å². The van der Waals surface area contributed by atoms with Gasteiger partial charge in [0.15, 0.2) is 6.29 Å². The molecule has 1 heterocycles. The number of ether oxygens (including phenoxy) is 3. The molecule has 6 rings (SSSR count). The number of carbonyl (C=O) groups excluding carboxylic acids is 1. The summed E-state index contributed by atoms with van der Waals surface area (Å²) in [5.74, 6) is 3.57. The van der Waals surface area contributed by atoms with Crippen LogP contribution in [-0.4, -0.2) is 39.0 Å². The number of methoxy groups -OCH3 is 1. The minimum atomic E-state index is -0.180. The normalized spacial score (nSPS) is 49.9. The van der Waals surface area contributed by atoms with E-state index in [0.717, 1.165) is 38.9 Å². The molecule has 10 atom stereocenters. The average Bonchev–Trinajstić information content (AvgIpc) is 3.31. The number of Topliss-reactive ketones (excluding diaryl/α,β-unsaturated/α-hetero) is 1. The minimum absolute atomic E-state index is 0.0147. The van der Waals surface area contributed by atoms with Crippen LogP contribution in [0.1, 0.15) is 118 Å². The molecule has 0 aromatic heterocycles. The van der Waals surface area contributed by atoms with Crippen molar-refractivity contribution in [3.8, 4) is 0 Å². The van der Waals surface area contributed by atoms with E-state index in [4.69, 9.17) is 14.2 Å². The molecule has 226 valence electrons. The van der Waals surface area contributed by atoms with E-state index in [1.165, 1.54) is 63.4 Å². The Balaban J connectivity index is 1.33. The second-order valence-corrected chi connectivity index (χ2v) is 16.5. The maximum atomic E-state index is 13.1. The molecule has 1 unspecified atom stereocenters. The second kappa shape index (κ2) is 10.2. The first-order valence-electron chi connectivity index (χ1n) is 16.9. The summed E-state index contributed by atoms with van der Waals surface area (Å²) in [5.41, 5.74) is 2.25. The van der Waals surface area contributed by atoms with Crippen LogP contribution in [0.2, 0.25) is 0 Å². The molecule has 1 saturated heterocycles. The Kier molecular flexibility index (Phi) is 7.48. The average molecular weight is 555 g/mol. The Morgan fingerprint density at radius 2 is 1.70 bits per heavy atom. The lowest BCUT2D eigenvalue weighted by Crippen LogP contribution is -2.66. The molecule has 5 saturated carbocycles. The summed E-state index contributed by atoms with van der Waals surface area (Å²) >= 11 is 0. The van der Waals surface area contributed by atoms with Crippen LogP contribution in [0.4, 0.5) is 0 Å². The molecule has 0 aromatic rings. The summed E-state index contributed by atoms with van der Waals surface area (Å²) in [5, 5.41) is 0. The van der Waals surface area contributed by atoms with Crippen molar-refractivity contribution < 1.29 is 19.0 Å². The van der Waals surface area contributed by atoms with Crippen molar-refractivity contribution >= 4 is 5.78 Å². The molecule has 1 aliphatic heterocycles. The van der Waals surface area contributed by atoms with Crippen LogP contribution < -0.4 is 0 Å². The Hall–Kier alpha value is -0.710. The van der Waals surface area contributed by atoms with Gasteiger partial charge in [-0.05, 0) is 134 Å². The summed E-state index contributed by atoms with van der Waals surface area (Å²) < 4.78 is 18.4. The van der Waals surface area contributed by atoms with Crippen LogP contribution in [0.3, 0.4) is 0 Å². The third-order valence-electron chi connectivity index (χ3n) is 14.9. The SMILES string of the molecule is C=C(COC)[C@@H]1CC[C@]2(COC3CCCCO3)CC[C@]3(C)[C@H](CC[C@@H]4[C@@]5(C)CCC(=O)C(C)(C)[C@@H]5CC[C@]43C)[C@@H]12. The molecule has 5 aliphatic carbocycles. The molecule has 40 heavy (non-hydrogen) atoms. The van der Waals surface area contributed by atoms with Gasteiger partial charge in [-0.3, -0.25) is 4.79 Å². The molecule has 6 aliphatic rings. The number of ketones is 1. The molecule has 0 bridgehead atoms. The number of rotatable bonds is 6. The standard InChI is InChI=1S/C36H58O4/c1-24(22-38-7)25-13-18-36(23-40-30-10-8-9-21-39-30)20-19-34(5)26(31(25)36)11-12-28-33(4)16-15-29(37)32(2,3)27(33)14-17-35(28,34)6/h25-28,30-31H,1,8-23H2,2-7H3/t25-,26+,27-,28+,30?,31+,33-,34+,35+,36+/m0/s1. The number of hydrogen-bond donors (Lipinski definition) is 0. The van der Waals surface area contributed by atoms with E-state index in [1.807, 2.05) is 7.11 Å². The highest BCUT2D eigenvalue weighted by Crippen LogP contribution is 2.77. The van der Waals surface area contributed by atoms with Crippen molar-refractivity contribution in [2.75, 3.05) is 26.9 Å². The Morgan fingerprint density at radius 3 is 2.42 bits per heavy atom. The van der Waals surface area contributed by atoms with Gasteiger partial charge in [-0.15, -0.1) is 0 Å². The Bertz CT molecular complexity index is 997. The molecule has 0 radical (unpaired) electrons. The fraction of sp³-hybridized carbons (Fsp3) is 0.917. The van der Waals surface area contributed by atoms with E-state index >= 15 is 0 Å². The van der Waals surface area contributed by atoms with Crippen LogP contribution in [0, 0.1) is 56.7 Å². The van der Waals surface area contributed by atoms with Gasteiger partial charge in [0.2, 0.25) is 0 Å². The lowest BCUT2D eigenvalue weighted by atomic mass is 9.32. The van der Waals surface area contributed by atoms with Gasteiger partial charge in [-0.25, -0.2) is 0 Å². The zero-order chi connectivity index (χ0) is 28.6. The van der Waals surface area contributed by atoms with E-state index in [0.29, 0.717) is 52.8 Å². The van der Waals surface area contributed by atoms with Crippen molar-refractivity contribution in [1.82, 2.24) is 0 Å².